The first kappa shape index (κ1) is 22.0. The van der Waals surface area contributed by atoms with Gasteiger partial charge >= 0.3 is 0 Å². The minimum Gasteiger partial charge on any atom is -0.504 e. The highest BCUT2D eigenvalue weighted by Crippen LogP contribution is 2.29. The van der Waals surface area contributed by atoms with E-state index in [0.29, 0.717) is 30.3 Å². The fourth-order valence-electron chi connectivity index (χ4n) is 4.51. The van der Waals surface area contributed by atoms with E-state index in [0.717, 1.165) is 38.8 Å². The maximum atomic E-state index is 11.1. The van der Waals surface area contributed by atoms with Crippen molar-refractivity contribution < 1.29 is 9.90 Å². The molecule has 0 atom stereocenters. The number of hydrogen-bond acceptors (Lipinski definition) is 6. The summed E-state index contributed by atoms with van der Waals surface area (Å²) in [5.74, 6) is 0.964. The maximum absolute atomic E-state index is 11.1. The van der Waals surface area contributed by atoms with Crippen molar-refractivity contribution in [2.75, 3.05) is 18.0 Å². The van der Waals surface area contributed by atoms with Gasteiger partial charge in [0.15, 0.2) is 12.0 Å². The van der Waals surface area contributed by atoms with Gasteiger partial charge in [0.2, 0.25) is 0 Å². The highest BCUT2D eigenvalue weighted by molar-refractivity contribution is 5.76. The number of anilines is 1. The molecule has 32 heavy (non-hydrogen) atoms. The first-order chi connectivity index (χ1) is 15.6. The van der Waals surface area contributed by atoms with Crippen molar-refractivity contribution in [1.82, 2.24) is 9.97 Å². The normalized spacial score (nSPS) is 14.5. The van der Waals surface area contributed by atoms with E-state index in [-0.39, 0.29) is 11.4 Å². The Bertz CT molecular complexity index is 1080. The monoisotopic (exact) mass is 430 g/mol. The number of carbonyl (C=O) groups is 1. The van der Waals surface area contributed by atoms with Gasteiger partial charge in [0.1, 0.15) is 11.5 Å². The number of nitrogens with zero attached hydrogens (tertiary/aromatic N) is 3. The summed E-state index contributed by atoms with van der Waals surface area (Å²) in [6, 6.07) is 17.1. The molecular formula is C26H30N4O2. The highest BCUT2D eigenvalue weighted by Gasteiger charge is 2.23. The van der Waals surface area contributed by atoms with E-state index in [9.17, 15) is 9.90 Å². The van der Waals surface area contributed by atoms with Gasteiger partial charge in [0.25, 0.3) is 0 Å². The molecule has 2 heterocycles. The molecule has 1 aromatic heterocycles. The Morgan fingerprint density at radius 1 is 1.09 bits per heavy atom. The highest BCUT2D eigenvalue weighted by atomic mass is 16.3. The van der Waals surface area contributed by atoms with Crippen LogP contribution in [0.25, 0.3) is 0 Å². The van der Waals surface area contributed by atoms with Gasteiger partial charge < -0.3 is 15.7 Å². The molecule has 0 spiro atoms. The first-order valence-electron chi connectivity index (χ1n) is 11.2. The van der Waals surface area contributed by atoms with E-state index in [1.807, 2.05) is 6.07 Å². The number of hydrogen-bond donors (Lipinski definition) is 2. The predicted molar refractivity (Wildman–Crippen MR) is 126 cm³/mol. The molecule has 0 unspecified atom stereocenters. The molecular weight excluding hydrogens is 400 g/mol. The second-order valence-electron chi connectivity index (χ2n) is 8.54. The first-order valence-corrected chi connectivity index (χ1v) is 11.2. The molecule has 166 valence electrons. The van der Waals surface area contributed by atoms with Gasteiger partial charge in [-0.15, -0.1) is 0 Å². The Balaban J connectivity index is 1.40. The molecule has 1 fully saturated rings. The smallest absolute Gasteiger partial charge is 0.172 e. The Morgan fingerprint density at radius 2 is 1.84 bits per heavy atom. The summed E-state index contributed by atoms with van der Waals surface area (Å²) in [5.41, 5.74) is 11.6. The predicted octanol–water partition coefficient (Wildman–Crippen LogP) is 3.81. The summed E-state index contributed by atoms with van der Waals surface area (Å²) in [7, 11) is 0. The van der Waals surface area contributed by atoms with Crippen molar-refractivity contribution in [2.24, 2.45) is 11.7 Å². The lowest BCUT2D eigenvalue weighted by Gasteiger charge is -2.34. The fourth-order valence-corrected chi connectivity index (χ4v) is 4.51. The SMILES string of the molecule is Cc1nc(CC2CCN(c3ccc(Cc4ccccc4)cc3CN)CC2)nc(C=O)c1O. The van der Waals surface area contributed by atoms with Crippen molar-refractivity contribution in [1.29, 1.82) is 0 Å². The molecule has 0 aliphatic carbocycles. The van der Waals surface area contributed by atoms with E-state index in [4.69, 9.17) is 5.73 Å². The number of aldehydes is 1. The average Bonchev–Trinajstić information content (AvgIpc) is 2.82. The number of nitrogens with two attached hydrogens (primary N) is 1. The molecule has 3 N–H and O–H groups in total. The number of benzene rings is 2. The largest absolute Gasteiger partial charge is 0.504 e. The van der Waals surface area contributed by atoms with Crippen LogP contribution in [0.4, 0.5) is 5.69 Å². The Labute approximate surface area is 189 Å². The van der Waals surface area contributed by atoms with Crippen LogP contribution < -0.4 is 10.6 Å². The van der Waals surface area contributed by atoms with Crippen LogP contribution in [0.15, 0.2) is 48.5 Å². The standard InChI is InChI=1S/C26H30N4O2/c1-18-26(32)23(17-31)29-25(28-18)15-20-9-11-30(12-10-20)24-8-7-21(14-22(24)16-27)13-19-5-3-2-4-6-19/h2-8,14,17,20,32H,9-13,15-16,27H2,1H3. The lowest BCUT2D eigenvalue weighted by molar-refractivity contribution is 0.111. The lowest BCUT2D eigenvalue weighted by Crippen LogP contribution is -2.35. The molecule has 1 aliphatic rings. The van der Waals surface area contributed by atoms with Crippen LogP contribution in [0.3, 0.4) is 0 Å². The van der Waals surface area contributed by atoms with E-state index in [1.165, 1.54) is 22.4 Å². The zero-order valence-electron chi connectivity index (χ0n) is 18.5. The minimum atomic E-state index is -0.122. The lowest BCUT2D eigenvalue weighted by atomic mass is 9.92. The fraction of sp³-hybridized carbons (Fsp3) is 0.346. The zero-order valence-corrected chi connectivity index (χ0v) is 18.5. The van der Waals surface area contributed by atoms with E-state index in [1.54, 1.807) is 6.92 Å². The van der Waals surface area contributed by atoms with Gasteiger partial charge in [0.05, 0.1) is 5.69 Å². The summed E-state index contributed by atoms with van der Waals surface area (Å²) in [4.78, 5) is 22.2. The third kappa shape index (κ3) is 4.97. The van der Waals surface area contributed by atoms with E-state index >= 15 is 0 Å². The summed E-state index contributed by atoms with van der Waals surface area (Å²) >= 11 is 0. The maximum Gasteiger partial charge on any atom is 0.172 e. The summed E-state index contributed by atoms with van der Waals surface area (Å²) in [6.45, 7) is 4.12. The topological polar surface area (TPSA) is 92.3 Å². The molecule has 0 saturated carbocycles. The van der Waals surface area contributed by atoms with Gasteiger partial charge in [-0.05, 0) is 54.9 Å². The number of aromatic nitrogens is 2. The van der Waals surface area contributed by atoms with Crippen LogP contribution in [0.1, 0.15) is 51.5 Å². The van der Waals surface area contributed by atoms with Gasteiger partial charge in [-0.2, -0.15) is 0 Å². The molecule has 1 aliphatic heterocycles. The van der Waals surface area contributed by atoms with Crippen LogP contribution in [0.2, 0.25) is 0 Å². The van der Waals surface area contributed by atoms with Crippen LogP contribution >= 0.6 is 0 Å². The second kappa shape index (κ2) is 9.92. The number of rotatable bonds is 7. The molecule has 2 aromatic carbocycles. The summed E-state index contributed by atoms with van der Waals surface area (Å²) in [5, 5.41) is 9.87. The summed E-state index contributed by atoms with van der Waals surface area (Å²) < 4.78 is 0. The third-order valence-electron chi connectivity index (χ3n) is 6.28. The van der Waals surface area contributed by atoms with Gasteiger partial charge in [0, 0.05) is 31.7 Å². The summed E-state index contributed by atoms with van der Waals surface area (Å²) in [6.07, 6.45) is 4.26. The van der Waals surface area contributed by atoms with Crippen molar-refractivity contribution in [3.63, 3.8) is 0 Å². The second-order valence-corrected chi connectivity index (χ2v) is 8.54. The van der Waals surface area contributed by atoms with Gasteiger partial charge in [-0.1, -0.05) is 42.5 Å². The molecule has 0 radical (unpaired) electrons. The Morgan fingerprint density at radius 3 is 2.53 bits per heavy atom. The number of aromatic hydroxyl groups is 1. The van der Waals surface area contributed by atoms with Crippen LogP contribution in [-0.2, 0) is 19.4 Å². The molecule has 6 nitrogen and oxygen atoms in total. The van der Waals surface area contributed by atoms with Crippen LogP contribution in [-0.4, -0.2) is 34.5 Å². The molecule has 3 aromatic rings. The average molecular weight is 431 g/mol. The molecule has 6 heteroatoms. The van der Waals surface area contributed by atoms with E-state index in [2.05, 4.69) is 57.3 Å². The molecule has 0 amide bonds. The zero-order chi connectivity index (χ0) is 22.5. The van der Waals surface area contributed by atoms with Crippen molar-refractivity contribution in [3.05, 3.63) is 82.4 Å². The Hall–Kier alpha value is -3.25. The van der Waals surface area contributed by atoms with Crippen molar-refractivity contribution >= 4 is 12.0 Å². The van der Waals surface area contributed by atoms with E-state index < -0.39 is 0 Å². The molecule has 1 saturated heterocycles. The van der Waals surface area contributed by atoms with Crippen LogP contribution in [0.5, 0.6) is 5.75 Å². The third-order valence-corrected chi connectivity index (χ3v) is 6.28. The minimum absolute atomic E-state index is 0.0770. The number of aryl methyl sites for hydroxylation is 1. The molecule has 4 rings (SSSR count). The van der Waals surface area contributed by atoms with Gasteiger partial charge in [-0.25, -0.2) is 9.97 Å². The van der Waals surface area contributed by atoms with Crippen LogP contribution in [0, 0.1) is 12.8 Å². The number of piperidine rings is 1. The number of carbonyl (C=O) groups excluding carboxylic acids is 1. The quantitative estimate of drug-likeness (QED) is 0.554. The van der Waals surface area contributed by atoms with Crippen molar-refractivity contribution in [2.45, 2.75) is 39.2 Å². The van der Waals surface area contributed by atoms with Crippen molar-refractivity contribution in [3.8, 4) is 5.75 Å². The van der Waals surface area contributed by atoms with Gasteiger partial charge in [-0.3, -0.25) is 4.79 Å². The Kier molecular flexibility index (Phi) is 6.81. The molecule has 0 bridgehead atoms.